The number of allylic oxidation sites excluding steroid dienone is 1. The number of Topliss-reactive ketones (excluding diaryl/α,β-unsaturated/α-hetero) is 1. The molecule has 0 amide bonds. The van der Waals surface area contributed by atoms with Gasteiger partial charge in [-0.3, -0.25) is 19.3 Å². The Kier molecular flexibility index (Phi) is 12.7. The lowest BCUT2D eigenvalue weighted by atomic mass is 9.33. The summed E-state index contributed by atoms with van der Waals surface area (Å²) in [6.45, 7) is 23.2. The van der Waals surface area contributed by atoms with Gasteiger partial charge >= 0.3 is 11.9 Å². The number of rotatable bonds is 14. The van der Waals surface area contributed by atoms with E-state index in [2.05, 4.69) is 84.5 Å². The van der Waals surface area contributed by atoms with Crippen LogP contribution in [0.1, 0.15) is 139 Å². The molecule has 0 radical (unpaired) electrons. The maximum atomic E-state index is 14.3. The number of aliphatic carboxylic acids is 1. The van der Waals surface area contributed by atoms with Gasteiger partial charge in [0, 0.05) is 48.5 Å². The summed E-state index contributed by atoms with van der Waals surface area (Å²) >= 11 is 6.25. The molecule has 2 N–H and O–H groups in total. The number of hydrogen-bond donors (Lipinski definition) is 2. The number of carboxylic acids is 1. The molecule has 1 unspecified atom stereocenters. The number of fused-ring (bicyclic) bond motifs is 7. The molecule has 0 heterocycles. The van der Waals surface area contributed by atoms with Crippen molar-refractivity contribution in [3.63, 3.8) is 0 Å². The highest BCUT2D eigenvalue weighted by molar-refractivity contribution is 6.30. The van der Waals surface area contributed by atoms with Gasteiger partial charge in [-0.15, -0.1) is 0 Å². The van der Waals surface area contributed by atoms with Gasteiger partial charge in [-0.2, -0.15) is 0 Å². The van der Waals surface area contributed by atoms with Crippen LogP contribution in [0.4, 0.5) is 0 Å². The first-order valence-electron chi connectivity index (χ1n) is 22.4. The molecule has 1 aromatic carbocycles. The number of nitrogens with zero attached hydrogens (tertiary/aromatic N) is 2. The molecule has 4 saturated carbocycles. The number of hydrogen-bond acceptors (Lipinski definition) is 7. The Balaban J connectivity index is 1.27. The van der Waals surface area contributed by atoms with Crippen LogP contribution in [0.2, 0.25) is 5.02 Å². The van der Waals surface area contributed by atoms with Crippen LogP contribution in [0.15, 0.2) is 35.4 Å². The molecule has 0 bridgehead atoms. The summed E-state index contributed by atoms with van der Waals surface area (Å²) in [5, 5.41) is 22.8. The number of aliphatic hydroxyl groups excluding tert-OH is 1. The fourth-order valence-electron chi connectivity index (χ4n) is 14.2. The molecule has 324 valence electrons. The van der Waals surface area contributed by atoms with Crippen LogP contribution in [0.3, 0.4) is 0 Å². The van der Waals surface area contributed by atoms with E-state index in [0.29, 0.717) is 36.4 Å². The molecule has 0 spiro atoms. The highest BCUT2D eigenvalue weighted by atomic mass is 35.5. The molecule has 9 heteroatoms. The Hall–Kier alpha value is -2.26. The predicted molar refractivity (Wildman–Crippen MR) is 231 cm³/mol. The smallest absolute Gasteiger partial charge is 0.306 e. The van der Waals surface area contributed by atoms with Crippen molar-refractivity contribution in [1.29, 1.82) is 0 Å². The Labute approximate surface area is 354 Å². The van der Waals surface area contributed by atoms with E-state index in [4.69, 9.17) is 16.3 Å². The summed E-state index contributed by atoms with van der Waals surface area (Å²) in [6, 6.07) is 8.01. The van der Waals surface area contributed by atoms with Crippen molar-refractivity contribution in [3.8, 4) is 0 Å². The fraction of sp³-hybridized carbons (Fsp3) is 0.776. The highest BCUT2D eigenvalue weighted by Crippen LogP contribution is 2.77. The van der Waals surface area contributed by atoms with Crippen molar-refractivity contribution in [3.05, 3.63) is 46.0 Å². The molecule has 6 rings (SSSR count). The van der Waals surface area contributed by atoms with Gasteiger partial charge < -0.3 is 19.8 Å². The van der Waals surface area contributed by atoms with Crippen LogP contribution in [-0.4, -0.2) is 83.7 Å². The highest BCUT2D eigenvalue weighted by Gasteiger charge is 2.71. The van der Waals surface area contributed by atoms with Crippen LogP contribution in [0.25, 0.3) is 0 Å². The van der Waals surface area contributed by atoms with Crippen molar-refractivity contribution >= 4 is 29.3 Å². The molecule has 4 fully saturated rings. The number of ketones is 1. The number of likely N-dealkylation sites (N-methyl/N-ethyl adjacent to an activating group) is 1. The number of ether oxygens (including phenoxy) is 1. The van der Waals surface area contributed by atoms with Gasteiger partial charge in [-0.05, 0) is 134 Å². The molecule has 5 aliphatic carbocycles. The van der Waals surface area contributed by atoms with Crippen LogP contribution in [0.5, 0.6) is 0 Å². The fourth-order valence-corrected chi connectivity index (χ4v) is 14.3. The zero-order chi connectivity index (χ0) is 42.8. The summed E-state index contributed by atoms with van der Waals surface area (Å²) in [7, 11) is 4.17. The van der Waals surface area contributed by atoms with Crippen molar-refractivity contribution in [1.82, 2.24) is 9.80 Å². The number of carbonyl (C=O) groups is 3. The summed E-state index contributed by atoms with van der Waals surface area (Å²) in [6.07, 6.45) is 7.47. The Bertz CT molecular complexity index is 1750. The summed E-state index contributed by atoms with van der Waals surface area (Å²) in [5.41, 5.74) is 2.13. The average molecular weight is 824 g/mol. The minimum Gasteiger partial charge on any atom is -0.481 e. The molecule has 0 aromatic heterocycles. The Morgan fingerprint density at radius 1 is 0.897 bits per heavy atom. The SMILES string of the molecule is CC(C)C1=C2[C@H]3CC[C@@H]4[C@@]5(C)CC[C@H](OC(=O)CC(C)(C)CC(=O)O)C(C)(C)[C@@H]5CC[C@@]4(C)[C@]3(C)CC[C@@]2(C(O)CN(CCN(C)C)Cc2ccc(Cl)cc2)CC1=O. The number of halogens is 1. The van der Waals surface area contributed by atoms with Gasteiger partial charge in [-0.25, -0.2) is 0 Å². The minimum absolute atomic E-state index is 0.0235. The van der Waals surface area contributed by atoms with Gasteiger partial charge in [-0.1, -0.05) is 91.6 Å². The molecule has 9 atom stereocenters. The summed E-state index contributed by atoms with van der Waals surface area (Å²) < 4.78 is 6.30. The number of benzene rings is 1. The zero-order valence-electron chi connectivity index (χ0n) is 37.7. The van der Waals surface area contributed by atoms with E-state index in [9.17, 15) is 24.6 Å². The lowest BCUT2D eigenvalue weighted by Crippen LogP contribution is -2.66. The molecule has 58 heavy (non-hydrogen) atoms. The third-order valence-electron chi connectivity index (χ3n) is 17.2. The van der Waals surface area contributed by atoms with Crippen LogP contribution >= 0.6 is 11.6 Å². The van der Waals surface area contributed by atoms with E-state index in [-0.39, 0.29) is 64.2 Å². The van der Waals surface area contributed by atoms with Gasteiger partial charge in [0.2, 0.25) is 0 Å². The molecular weight excluding hydrogens is 748 g/mol. The summed E-state index contributed by atoms with van der Waals surface area (Å²) in [5.74, 6) is 0.272. The minimum atomic E-state index is -0.899. The van der Waals surface area contributed by atoms with E-state index in [1.807, 2.05) is 26.0 Å². The van der Waals surface area contributed by atoms with Crippen molar-refractivity contribution in [2.75, 3.05) is 33.7 Å². The van der Waals surface area contributed by atoms with Gasteiger partial charge in [0.15, 0.2) is 5.78 Å². The number of carbonyl (C=O) groups excluding carboxylic acids is 2. The normalized spacial score (nSPS) is 35.1. The van der Waals surface area contributed by atoms with Crippen molar-refractivity contribution in [2.24, 2.45) is 56.2 Å². The quantitative estimate of drug-likeness (QED) is 0.179. The van der Waals surface area contributed by atoms with E-state index in [1.54, 1.807) is 0 Å². The van der Waals surface area contributed by atoms with Gasteiger partial charge in [0.1, 0.15) is 6.10 Å². The predicted octanol–water partition coefficient (Wildman–Crippen LogP) is 9.85. The average Bonchev–Trinajstić information content (AvgIpc) is 3.42. The molecular formula is C49H75ClN2O6. The second-order valence-corrected chi connectivity index (χ2v) is 22.7. The largest absolute Gasteiger partial charge is 0.481 e. The van der Waals surface area contributed by atoms with E-state index >= 15 is 0 Å². The van der Waals surface area contributed by atoms with Gasteiger partial charge in [0.05, 0.1) is 18.9 Å². The van der Waals surface area contributed by atoms with Crippen LogP contribution in [0, 0.1) is 56.2 Å². The second kappa shape index (κ2) is 16.2. The summed E-state index contributed by atoms with van der Waals surface area (Å²) in [4.78, 5) is 43.7. The topological polar surface area (TPSA) is 107 Å². The standard InChI is InChI=1S/C49H75ClN2O6/c1-31(2)42-35(53)26-49(38(54)30-52(25-24-51(10)11)29-32-12-14-33(50)15-13-32)23-22-47(8)34(43(42)49)16-17-37-46(7)20-19-39(45(5,6)36(46)18-21-48(37,47)9)58-41(57)28-44(3,4)27-40(55)56/h12-15,31,34,36-39,54H,16-30H2,1-11H3,(H,55,56)/t34-,36+,37-,38?,39+,46+,47-,48-,49+/m1/s1. The van der Waals surface area contributed by atoms with Crippen molar-refractivity contribution < 1.29 is 29.3 Å². The number of aliphatic hydroxyl groups is 1. The number of carboxylic acid groups (broad SMARTS) is 1. The third kappa shape index (κ3) is 7.99. The van der Waals surface area contributed by atoms with Crippen molar-refractivity contribution in [2.45, 2.75) is 152 Å². The van der Waals surface area contributed by atoms with E-state index in [0.717, 1.165) is 75.6 Å². The first-order valence-corrected chi connectivity index (χ1v) is 22.8. The van der Waals surface area contributed by atoms with Gasteiger partial charge in [0.25, 0.3) is 0 Å². The van der Waals surface area contributed by atoms with E-state index < -0.39 is 22.9 Å². The lowest BCUT2D eigenvalue weighted by Gasteiger charge is -2.72. The first-order chi connectivity index (χ1) is 26.9. The molecule has 5 aliphatic rings. The Morgan fingerprint density at radius 2 is 1.57 bits per heavy atom. The Morgan fingerprint density at radius 3 is 2.19 bits per heavy atom. The molecule has 0 aliphatic heterocycles. The van der Waals surface area contributed by atoms with E-state index in [1.165, 1.54) is 5.57 Å². The maximum absolute atomic E-state index is 14.3. The van der Waals surface area contributed by atoms with Crippen LogP contribution in [-0.2, 0) is 25.7 Å². The monoisotopic (exact) mass is 823 g/mol. The molecule has 1 aromatic rings. The second-order valence-electron chi connectivity index (χ2n) is 22.3. The molecule has 8 nitrogen and oxygen atoms in total. The zero-order valence-corrected chi connectivity index (χ0v) is 38.4. The maximum Gasteiger partial charge on any atom is 0.306 e. The third-order valence-corrected chi connectivity index (χ3v) is 17.5. The van der Waals surface area contributed by atoms with Crippen LogP contribution < -0.4 is 0 Å². The number of esters is 1. The molecule has 0 saturated heterocycles. The lowest BCUT2D eigenvalue weighted by molar-refractivity contribution is -0.235. The first kappa shape index (κ1) is 45.3.